The SMILES string of the molecule is COc1cccc2c1C(=O)c1c(O)c3c(c(O)c1C2=O)CC(O)(C(C)=O)CC3OC1CC(NCc2ccccc2)C(O)C(C)O1. The number of phenols is 2. The van der Waals surface area contributed by atoms with Gasteiger partial charge in [-0.15, -0.1) is 0 Å². The van der Waals surface area contributed by atoms with Crippen molar-refractivity contribution in [1.82, 2.24) is 5.32 Å². The van der Waals surface area contributed by atoms with E-state index in [1.807, 2.05) is 30.3 Å². The standard InChI is InChI=1S/C34H35NO10/c1-16-29(37)21(35-15-18-8-5-4-6-9-18)12-24(44-16)45-23-14-34(42,17(2)36)13-20-26(23)33(41)28-27(31(20)39)30(38)19-10-7-11-22(43-3)25(19)32(28)40/h4-11,16,21,23-24,29,35,37,39,41-42H,12-15H2,1-3H3. The van der Waals surface area contributed by atoms with Crippen molar-refractivity contribution in [3.63, 3.8) is 0 Å². The lowest BCUT2D eigenvalue weighted by atomic mass is 9.72. The Morgan fingerprint density at radius 2 is 1.73 bits per heavy atom. The number of nitrogens with one attached hydrogen (secondary N) is 1. The van der Waals surface area contributed by atoms with Crippen molar-refractivity contribution in [3.05, 3.63) is 87.5 Å². The van der Waals surface area contributed by atoms with Crippen molar-refractivity contribution in [2.45, 2.75) is 75.9 Å². The fraction of sp³-hybridized carbons (Fsp3) is 0.382. The molecule has 6 rings (SSSR count). The number of carbonyl (C=O) groups is 3. The van der Waals surface area contributed by atoms with Crippen LogP contribution in [0.1, 0.15) is 81.3 Å². The average Bonchev–Trinajstić information content (AvgIpc) is 3.02. The molecule has 3 aliphatic rings. The fourth-order valence-electron chi connectivity index (χ4n) is 6.67. The Balaban J connectivity index is 1.39. The van der Waals surface area contributed by atoms with Crippen LogP contribution in [0.4, 0.5) is 0 Å². The second-order valence-corrected chi connectivity index (χ2v) is 11.9. The molecule has 0 bridgehead atoms. The van der Waals surface area contributed by atoms with Gasteiger partial charge in [-0.25, -0.2) is 0 Å². The third-order valence-corrected chi connectivity index (χ3v) is 9.16. The number of benzene rings is 3. The van der Waals surface area contributed by atoms with Gasteiger partial charge in [-0.05, 0) is 25.5 Å². The maximum atomic E-state index is 13.8. The molecule has 3 aromatic carbocycles. The lowest BCUT2D eigenvalue weighted by Gasteiger charge is -2.43. The summed E-state index contributed by atoms with van der Waals surface area (Å²) in [6.07, 6.45) is -4.31. The highest BCUT2D eigenvalue weighted by molar-refractivity contribution is 6.31. The maximum absolute atomic E-state index is 13.8. The Kier molecular flexibility index (Phi) is 8.00. The summed E-state index contributed by atoms with van der Waals surface area (Å²) >= 11 is 0. The highest BCUT2D eigenvalue weighted by Gasteiger charge is 2.49. The van der Waals surface area contributed by atoms with Crippen LogP contribution < -0.4 is 10.1 Å². The predicted octanol–water partition coefficient (Wildman–Crippen LogP) is 2.86. The molecule has 5 N–H and O–H groups in total. The van der Waals surface area contributed by atoms with Crippen LogP contribution in [0.2, 0.25) is 0 Å². The molecular weight excluding hydrogens is 582 g/mol. The van der Waals surface area contributed by atoms with Gasteiger partial charge in [0.2, 0.25) is 5.78 Å². The number of aliphatic hydroxyl groups is 2. The zero-order valence-electron chi connectivity index (χ0n) is 25.1. The Morgan fingerprint density at radius 1 is 1.02 bits per heavy atom. The van der Waals surface area contributed by atoms with Gasteiger partial charge in [0.1, 0.15) is 22.8 Å². The van der Waals surface area contributed by atoms with E-state index in [9.17, 15) is 34.8 Å². The quantitative estimate of drug-likeness (QED) is 0.193. The molecule has 45 heavy (non-hydrogen) atoms. The third-order valence-electron chi connectivity index (χ3n) is 9.16. The third kappa shape index (κ3) is 5.20. The molecule has 0 amide bonds. The molecular formula is C34H35NO10. The van der Waals surface area contributed by atoms with E-state index in [0.717, 1.165) is 5.56 Å². The van der Waals surface area contributed by atoms with E-state index < -0.39 is 82.6 Å². The molecule has 6 unspecified atom stereocenters. The number of ketones is 3. The number of phenolic OH excluding ortho intramolecular Hbond substituents is 2. The van der Waals surface area contributed by atoms with E-state index in [2.05, 4.69) is 5.32 Å². The van der Waals surface area contributed by atoms with Gasteiger partial charge in [0.05, 0.1) is 42.1 Å². The van der Waals surface area contributed by atoms with Gasteiger partial charge in [-0.3, -0.25) is 14.4 Å². The largest absolute Gasteiger partial charge is 0.507 e. The van der Waals surface area contributed by atoms with Crippen LogP contribution >= 0.6 is 0 Å². The molecule has 1 fully saturated rings. The minimum Gasteiger partial charge on any atom is -0.507 e. The Hall–Kier alpha value is -4.13. The number of rotatable bonds is 7. The molecule has 3 aromatic rings. The summed E-state index contributed by atoms with van der Waals surface area (Å²) < 4.78 is 17.6. The van der Waals surface area contributed by atoms with E-state index in [0.29, 0.717) is 6.54 Å². The van der Waals surface area contributed by atoms with Crippen molar-refractivity contribution in [1.29, 1.82) is 0 Å². The molecule has 11 nitrogen and oxygen atoms in total. The lowest BCUT2D eigenvalue weighted by Crippen LogP contribution is -2.54. The zero-order chi connectivity index (χ0) is 32.2. The van der Waals surface area contributed by atoms with E-state index in [1.165, 1.54) is 32.2 Å². The van der Waals surface area contributed by atoms with Crippen molar-refractivity contribution < 1.29 is 49.0 Å². The van der Waals surface area contributed by atoms with E-state index in [-0.39, 0.29) is 40.8 Å². The zero-order valence-corrected chi connectivity index (χ0v) is 25.1. The minimum absolute atomic E-state index is 0.0101. The van der Waals surface area contributed by atoms with Gasteiger partial charge in [-0.2, -0.15) is 0 Å². The summed E-state index contributed by atoms with van der Waals surface area (Å²) in [5.74, 6) is -3.13. The van der Waals surface area contributed by atoms with Crippen LogP contribution in [0, 0.1) is 0 Å². The number of hydrogen-bond acceptors (Lipinski definition) is 11. The second kappa shape index (κ2) is 11.7. The second-order valence-electron chi connectivity index (χ2n) is 11.9. The average molecular weight is 618 g/mol. The monoisotopic (exact) mass is 617 g/mol. The van der Waals surface area contributed by atoms with E-state index >= 15 is 0 Å². The van der Waals surface area contributed by atoms with Gasteiger partial charge in [-0.1, -0.05) is 42.5 Å². The molecule has 1 heterocycles. The summed E-state index contributed by atoms with van der Waals surface area (Å²) in [6, 6.07) is 13.7. The van der Waals surface area contributed by atoms with Crippen LogP contribution in [0.3, 0.4) is 0 Å². The number of ether oxygens (including phenoxy) is 3. The van der Waals surface area contributed by atoms with Crippen LogP contribution in [-0.4, -0.2) is 75.0 Å². The first kappa shape index (κ1) is 30.9. The number of aromatic hydroxyl groups is 2. The number of Topliss-reactive ketones (excluding diaryl/α,β-unsaturated/α-hetero) is 1. The molecule has 236 valence electrons. The molecule has 0 radical (unpaired) electrons. The minimum atomic E-state index is -2.01. The number of methoxy groups -OCH3 is 1. The number of aliphatic hydroxyl groups excluding tert-OH is 1. The summed E-state index contributed by atoms with van der Waals surface area (Å²) in [5, 5.41) is 48.8. The molecule has 0 spiro atoms. The summed E-state index contributed by atoms with van der Waals surface area (Å²) in [6.45, 7) is 3.36. The highest BCUT2D eigenvalue weighted by atomic mass is 16.7. The van der Waals surface area contributed by atoms with Crippen molar-refractivity contribution >= 4 is 17.3 Å². The van der Waals surface area contributed by atoms with Gasteiger partial charge in [0.25, 0.3) is 0 Å². The smallest absolute Gasteiger partial charge is 0.202 e. The summed E-state index contributed by atoms with van der Waals surface area (Å²) in [5.41, 5.74) is -1.98. The molecule has 1 aliphatic heterocycles. The Bertz CT molecular complexity index is 1690. The molecule has 0 aromatic heterocycles. The van der Waals surface area contributed by atoms with E-state index in [4.69, 9.17) is 14.2 Å². The van der Waals surface area contributed by atoms with Crippen molar-refractivity contribution in [2.24, 2.45) is 0 Å². The molecule has 1 saturated heterocycles. The topological polar surface area (TPSA) is 172 Å². The number of carbonyl (C=O) groups excluding carboxylic acids is 3. The Morgan fingerprint density at radius 3 is 2.42 bits per heavy atom. The molecule has 11 heteroatoms. The van der Waals surface area contributed by atoms with Crippen molar-refractivity contribution in [2.75, 3.05) is 7.11 Å². The van der Waals surface area contributed by atoms with Crippen LogP contribution in [0.25, 0.3) is 0 Å². The molecule has 2 aliphatic carbocycles. The summed E-state index contributed by atoms with van der Waals surface area (Å²) in [4.78, 5) is 40.2. The summed E-state index contributed by atoms with van der Waals surface area (Å²) in [7, 11) is 1.35. The highest BCUT2D eigenvalue weighted by Crippen LogP contribution is 2.52. The number of fused-ring (bicyclic) bond motifs is 3. The van der Waals surface area contributed by atoms with Crippen LogP contribution in [0.5, 0.6) is 17.2 Å². The molecule has 0 saturated carbocycles. The first-order chi connectivity index (χ1) is 21.4. The van der Waals surface area contributed by atoms with Gasteiger partial charge < -0.3 is 40.0 Å². The van der Waals surface area contributed by atoms with Crippen LogP contribution in [-0.2, 0) is 27.2 Å². The lowest BCUT2D eigenvalue weighted by molar-refractivity contribution is -0.249. The van der Waals surface area contributed by atoms with Gasteiger partial charge in [0, 0.05) is 48.5 Å². The van der Waals surface area contributed by atoms with Crippen LogP contribution in [0.15, 0.2) is 48.5 Å². The van der Waals surface area contributed by atoms with E-state index in [1.54, 1.807) is 6.92 Å². The Labute approximate surface area is 259 Å². The van der Waals surface area contributed by atoms with Gasteiger partial charge >= 0.3 is 0 Å². The fourth-order valence-corrected chi connectivity index (χ4v) is 6.67. The molecule has 6 atom stereocenters. The first-order valence-electron chi connectivity index (χ1n) is 14.8. The van der Waals surface area contributed by atoms with Gasteiger partial charge in [0.15, 0.2) is 17.9 Å². The normalized spacial score (nSPS) is 27.4. The first-order valence-corrected chi connectivity index (χ1v) is 14.8. The maximum Gasteiger partial charge on any atom is 0.202 e. The van der Waals surface area contributed by atoms with Crippen molar-refractivity contribution in [3.8, 4) is 17.2 Å². The predicted molar refractivity (Wildman–Crippen MR) is 159 cm³/mol. The number of hydrogen-bond donors (Lipinski definition) is 5.